The third-order valence-corrected chi connectivity index (χ3v) is 12.0. The number of Topliss-reactive ketones (excluding diaryl/α,β-unsaturated/α-hetero) is 1. The van der Waals surface area contributed by atoms with E-state index in [4.69, 9.17) is 0 Å². The van der Waals surface area contributed by atoms with Crippen LogP contribution in [0.5, 0.6) is 0 Å². The number of hydrogen-bond donors (Lipinski definition) is 0. The van der Waals surface area contributed by atoms with Gasteiger partial charge in [-0.1, -0.05) is 66.5 Å². The molecular formula is C30H41NO2. The largest absolute Gasteiger partial charge is 0.295 e. The van der Waals surface area contributed by atoms with Crippen molar-refractivity contribution in [3.05, 3.63) is 23.3 Å². The number of allylic oxidation sites excluding steroid dienone is 4. The number of carbonyl (C=O) groups excluding carboxylic acids is 2. The Morgan fingerprint density at radius 2 is 1.67 bits per heavy atom. The molecule has 0 amide bonds. The van der Waals surface area contributed by atoms with E-state index in [1.165, 1.54) is 31.3 Å². The van der Waals surface area contributed by atoms with Crippen LogP contribution >= 0.6 is 0 Å². The smallest absolute Gasteiger partial charge is 0.178 e. The first-order valence-corrected chi connectivity index (χ1v) is 13.2. The van der Waals surface area contributed by atoms with Gasteiger partial charge in [0, 0.05) is 16.7 Å². The zero-order chi connectivity index (χ0) is 24.2. The van der Waals surface area contributed by atoms with E-state index in [-0.39, 0.29) is 39.4 Å². The molecule has 178 valence electrons. The van der Waals surface area contributed by atoms with Gasteiger partial charge in [0.2, 0.25) is 0 Å². The van der Waals surface area contributed by atoms with Gasteiger partial charge in [-0.2, -0.15) is 5.26 Å². The van der Waals surface area contributed by atoms with Gasteiger partial charge in [-0.05, 0) is 78.6 Å². The van der Waals surface area contributed by atoms with Crippen molar-refractivity contribution in [2.24, 2.45) is 50.7 Å². The molecule has 33 heavy (non-hydrogen) atoms. The lowest BCUT2D eigenvalue weighted by Gasteiger charge is -2.68. The van der Waals surface area contributed by atoms with E-state index in [1.54, 1.807) is 0 Å². The normalized spacial score (nSPS) is 50.6. The maximum atomic E-state index is 14.1. The highest BCUT2D eigenvalue weighted by molar-refractivity contribution is 6.04. The molecule has 3 fully saturated rings. The molecule has 3 heteroatoms. The molecular weight excluding hydrogens is 406 g/mol. The first kappa shape index (κ1) is 23.1. The van der Waals surface area contributed by atoms with E-state index in [2.05, 4.69) is 40.7 Å². The molecule has 0 N–H and O–H groups in total. The van der Waals surface area contributed by atoms with Crippen LogP contribution in [0.15, 0.2) is 23.3 Å². The van der Waals surface area contributed by atoms with Gasteiger partial charge in [-0.25, -0.2) is 0 Å². The van der Waals surface area contributed by atoms with E-state index in [1.807, 2.05) is 26.0 Å². The number of nitrogens with zero attached hydrogens (tertiary/aromatic N) is 1. The van der Waals surface area contributed by atoms with Crippen molar-refractivity contribution in [2.45, 2.75) is 93.4 Å². The SMILES string of the molecule is CC1CCC2(C)CCC3(C)C(C(=O)C=C4C5(C)C=C(C#N)C(=O)C(C)(C)C5CCC43C)C2C1. The van der Waals surface area contributed by atoms with Crippen LogP contribution in [0, 0.1) is 62.1 Å². The predicted molar refractivity (Wildman–Crippen MR) is 130 cm³/mol. The summed E-state index contributed by atoms with van der Waals surface area (Å²) in [4.78, 5) is 27.2. The highest BCUT2D eigenvalue weighted by Crippen LogP contribution is 2.73. The fourth-order valence-electron chi connectivity index (χ4n) is 9.75. The van der Waals surface area contributed by atoms with Gasteiger partial charge in [-0.15, -0.1) is 0 Å². The number of fused-ring (bicyclic) bond motifs is 7. The molecule has 0 heterocycles. The summed E-state index contributed by atoms with van der Waals surface area (Å²) in [5.74, 6) is 1.64. The minimum absolute atomic E-state index is 0.0347. The summed E-state index contributed by atoms with van der Waals surface area (Å²) in [6, 6.07) is 2.20. The second-order valence-electron chi connectivity index (χ2n) is 13.9. The second-order valence-corrected chi connectivity index (χ2v) is 13.9. The Morgan fingerprint density at radius 1 is 0.970 bits per heavy atom. The summed E-state index contributed by atoms with van der Waals surface area (Å²) >= 11 is 0. The molecule has 0 aromatic heterocycles. The Bertz CT molecular complexity index is 1040. The standard InChI is InChI=1S/C30H41NO2/c1-18-8-10-27(4)12-13-30(7)24(20(27)14-18)21(32)15-23-28(5)16-19(17-31)25(33)26(2,3)22(28)9-11-29(23,30)6/h15-16,18,20,22,24H,8-14H2,1-7H3. The predicted octanol–water partition coefficient (Wildman–Crippen LogP) is 6.84. The molecule has 5 aliphatic rings. The highest BCUT2D eigenvalue weighted by atomic mass is 16.1. The molecule has 0 spiro atoms. The first-order valence-electron chi connectivity index (χ1n) is 13.2. The fourth-order valence-corrected chi connectivity index (χ4v) is 9.75. The van der Waals surface area contributed by atoms with Crippen molar-refractivity contribution >= 4 is 11.6 Å². The minimum atomic E-state index is -0.596. The summed E-state index contributed by atoms with van der Waals surface area (Å²) in [5, 5.41) is 9.81. The molecule has 5 aliphatic carbocycles. The van der Waals surface area contributed by atoms with Crippen molar-refractivity contribution in [1.29, 1.82) is 5.26 Å². The molecule has 0 aromatic rings. The van der Waals surface area contributed by atoms with Crippen molar-refractivity contribution in [1.82, 2.24) is 0 Å². The summed E-state index contributed by atoms with van der Waals surface area (Å²) in [6.07, 6.45) is 11.9. The second kappa shape index (κ2) is 6.71. The van der Waals surface area contributed by atoms with Crippen molar-refractivity contribution < 1.29 is 9.59 Å². The third-order valence-electron chi connectivity index (χ3n) is 12.0. The van der Waals surface area contributed by atoms with Gasteiger partial charge in [-0.3, -0.25) is 9.59 Å². The van der Waals surface area contributed by atoms with Crippen LogP contribution in [0.2, 0.25) is 0 Å². The van der Waals surface area contributed by atoms with Crippen LogP contribution in [0.1, 0.15) is 93.4 Å². The van der Waals surface area contributed by atoms with Gasteiger partial charge in [0.25, 0.3) is 0 Å². The van der Waals surface area contributed by atoms with Gasteiger partial charge in [0.05, 0.1) is 5.57 Å². The molecule has 0 aliphatic heterocycles. The van der Waals surface area contributed by atoms with Crippen molar-refractivity contribution in [3.63, 3.8) is 0 Å². The highest BCUT2D eigenvalue weighted by Gasteiger charge is 2.68. The van der Waals surface area contributed by atoms with Crippen LogP contribution in [-0.2, 0) is 9.59 Å². The van der Waals surface area contributed by atoms with Gasteiger partial charge in [0.1, 0.15) is 6.07 Å². The molecule has 5 rings (SSSR count). The van der Waals surface area contributed by atoms with Gasteiger partial charge < -0.3 is 0 Å². The Morgan fingerprint density at radius 3 is 2.33 bits per heavy atom. The lowest BCUT2D eigenvalue weighted by atomic mass is 9.35. The monoisotopic (exact) mass is 447 g/mol. The van der Waals surface area contributed by atoms with E-state index in [0.717, 1.165) is 19.3 Å². The van der Waals surface area contributed by atoms with Crippen LogP contribution < -0.4 is 0 Å². The fraction of sp³-hybridized carbons (Fsp3) is 0.767. The first-order chi connectivity index (χ1) is 15.2. The Labute approximate surface area is 200 Å². The van der Waals surface area contributed by atoms with Crippen molar-refractivity contribution in [2.75, 3.05) is 0 Å². The maximum Gasteiger partial charge on any atom is 0.178 e. The maximum absolute atomic E-state index is 14.1. The Hall–Kier alpha value is -1.69. The Kier molecular flexibility index (Phi) is 4.69. The lowest BCUT2D eigenvalue weighted by molar-refractivity contribution is -0.164. The summed E-state index contributed by atoms with van der Waals surface area (Å²) in [6.45, 7) is 15.9. The van der Waals surface area contributed by atoms with Gasteiger partial charge >= 0.3 is 0 Å². The van der Waals surface area contributed by atoms with E-state index >= 15 is 0 Å². The number of carbonyl (C=O) groups is 2. The summed E-state index contributed by atoms with van der Waals surface area (Å²) in [7, 11) is 0. The minimum Gasteiger partial charge on any atom is -0.295 e. The molecule has 0 aromatic carbocycles. The number of hydrogen-bond acceptors (Lipinski definition) is 3. The molecule has 0 saturated heterocycles. The van der Waals surface area contributed by atoms with Crippen LogP contribution in [0.4, 0.5) is 0 Å². The number of rotatable bonds is 0. The van der Waals surface area contributed by atoms with Gasteiger partial charge in [0.15, 0.2) is 11.6 Å². The molecule has 0 bridgehead atoms. The van der Waals surface area contributed by atoms with E-state index < -0.39 is 10.8 Å². The molecule has 3 nitrogen and oxygen atoms in total. The van der Waals surface area contributed by atoms with Crippen LogP contribution in [0.3, 0.4) is 0 Å². The average Bonchev–Trinajstić information content (AvgIpc) is 2.74. The van der Waals surface area contributed by atoms with Crippen LogP contribution in [-0.4, -0.2) is 11.6 Å². The average molecular weight is 448 g/mol. The van der Waals surface area contributed by atoms with Crippen molar-refractivity contribution in [3.8, 4) is 6.07 Å². The topological polar surface area (TPSA) is 57.9 Å². The zero-order valence-corrected chi connectivity index (χ0v) is 21.7. The quantitative estimate of drug-likeness (QED) is 0.408. The molecule has 8 atom stereocenters. The Balaban J connectivity index is 1.69. The molecule has 3 saturated carbocycles. The van der Waals surface area contributed by atoms with E-state index in [9.17, 15) is 14.9 Å². The summed E-state index contributed by atoms with van der Waals surface area (Å²) < 4.78 is 0. The van der Waals surface area contributed by atoms with Crippen LogP contribution in [0.25, 0.3) is 0 Å². The number of nitriles is 1. The number of ketones is 2. The molecule has 0 radical (unpaired) electrons. The summed E-state index contributed by atoms with van der Waals surface area (Å²) in [5.41, 5.74) is 0.572. The van der Waals surface area contributed by atoms with E-state index in [0.29, 0.717) is 17.6 Å². The third kappa shape index (κ3) is 2.67. The lowest BCUT2D eigenvalue weighted by Crippen LogP contribution is -2.64. The molecule has 8 unspecified atom stereocenters. The zero-order valence-electron chi connectivity index (χ0n) is 21.7.